The second-order valence-corrected chi connectivity index (χ2v) is 5.28. The van der Waals surface area contributed by atoms with E-state index < -0.39 is 0 Å². The fourth-order valence-electron chi connectivity index (χ4n) is 2.77. The molecule has 1 fully saturated rings. The van der Waals surface area contributed by atoms with E-state index in [0.29, 0.717) is 0 Å². The van der Waals surface area contributed by atoms with Crippen molar-refractivity contribution >= 4 is 0 Å². The first-order chi connectivity index (χ1) is 9.09. The number of halogens is 1. The number of benzene rings is 1. The van der Waals surface area contributed by atoms with Gasteiger partial charge in [0.15, 0.2) is 11.6 Å². The number of hydrogen-bond acceptors (Lipinski definition) is 3. The lowest BCUT2D eigenvalue weighted by Gasteiger charge is -2.33. The molecule has 0 saturated carbocycles. The quantitative estimate of drug-likeness (QED) is 0.889. The van der Waals surface area contributed by atoms with Gasteiger partial charge in [0.1, 0.15) is 0 Å². The van der Waals surface area contributed by atoms with Gasteiger partial charge in [-0.3, -0.25) is 0 Å². The van der Waals surface area contributed by atoms with Gasteiger partial charge < -0.3 is 14.8 Å². The van der Waals surface area contributed by atoms with Gasteiger partial charge in [0.2, 0.25) is 0 Å². The number of nitrogens with one attached hydrogen (secondary N) is 1. The molecule has 0 aliphatic carbocycles. The molecule has 4 heteroatoms. The molecule has 0 aromatic heterocycles. The highest BCUT2D eigenvalue weighted by Gasteiger charge is 2.37. The van der Waals surface area contributed by atoms with E-state index in [9.17, 15) is 4.39 Å². The summed E-state index contributed by atoms with van der Waals surface area (Å²) in [5.41, 5.74) is 0.792. The molecule has 1 saturated heterocycles. The van der Waals surface area contributed by atoms with Crippen LogP contribution >= 0.6 is 0 Å². The maximum atomic E-state index is 13.7. The number of ether oxygens (including phenoxy) is 2. The molecule has 1 aliphatic rings. The largest absolute Gasteiger partial charge is 0.494 e. The lowest BCUT2D eigenvalue weighted by Crippen LogP contribution is -2.48. The molecule has 0 spiro atoms. The summed E-state index contributed by atoms with van der Waals surface area (Å²) in [4.78, 5) is 0. The van der Waals surface area contributed by atoms with Crippen LogP contribution in [0.4, 0.5) is 4.39 Å². The fourth-order valence-corrected chi connectivity index (χ4v) is 2.77. The van der Waals surface area contributed by atoms with Crippen LogP contribution in [0.15, 0.2) is 18.2 Å². The Morgan fingerprint density at radius 1 is 1.53 bits per heavy atom. The van der Waals surface area contributed by atoms with E-state index >= 15 is 0 Å². The fraction of sp³-hybridized carbons (Fsp3) is 0.600. The van der Waals surface area contributed by atoms with Crippen LogP contribution in [0.5, 0.6) is 5.75 Å². The third kappa shape index (κ3) is 3.07. The minimum absolute atomic E-state index is 0.162. The summed E-state index contributed by atoms with van der Waals surface area (Å²) in [6, 6.07) is 5.31. The number of methoxy groups -OCH3 is 1. The average molecular weight is 267 g/mol. The summed E-state index contributed by atoms with van der Waals surface area (Å²) in [7, 11) is 3.40. The normalized spacial score (nSPS) is 24.4. The molecular formula is C15H22FNO2. The molecule has 106 valence electrons. The van der Waals surface area contributed by atoms with E-state index in [0.717, 1.165) is 31.4 Å². The zero-order valence-electron chi connectivity index (χ0n) is 11.8. The summed E-state index contributed by atoms with van der Waals surface area (Å²) in [6.45, 7) is 2.94. The lowest BCUT2D eigenvalue weighted by molar-refractivity contribution is -0.00945. The van der Waals surface area contributed by atoms with Gasteiger partial charge in [0.05, 0.1) is 12.7 Å². The van der Waals surface area contributed by atoms with Crippen LogP contribution in [0, 0.1) is 5.82 Å². The predicted molar refractivity (Wildman–Crippen MR) is 73.1 cm³/mol. The van der Waals surface area contributed by atoms with Crippen molar-refractivity contribution in [2.24, 2.45) is 0 Å². The van der Waals surface area contributed by atoms with Crippen molar-refractivity contribution in [2.45, 2.75) is 37.8 Å². The van der Waals surface area contributed by atoms with Crippen LogP contribution in [0.1, 0.15) is 25.3 Å². The van der Waals surface area contributed by atoms with Crippen molar-refractivity contribution in [3.63, 3.8) is 0 Å². The molecule has 2 rings (SSSR count). The Hall–Kier alpha value is -1.13. The van der Waals surface area contributed by atoms with Crippen LogP contribution < -0.4 is 10.1 Å². The minimum Gasteiger partial charge on any atom is -0.494 e. The summed E-state index contributed by atoms with van der Waals surface area (Å²) in [6.07, 6.45) is 2.87. The first-order valence-electron chi connectivity index (χ1n) is 6.72. The van der Waals surface area contributed by atoms with Crippen LogP contribution in [0.25, 0.3) is 0 Å². The van der Waals surface area contributed by atoms with Crippen molar-refractivity contribution < 1.29 is 13.9 Å². The van der Waals surface area contributed by atoms with E-state index in [1.54, 1.807) is 12.1 Å². The Balaban J connectivity index is 2.12. The van der Waals surface area contributed by atoms with Crippen LogP contribution in [-0.2, 0) is 11.2 Å². The Morgan fingerprint density at radius 2 is 2.32 bits per heavy atom. The summed E-state index contributed by atoms with van der Waals surface area (Å²) < 4.78 is 24.5. The van der Waals surface area contributed by atoms with Crippen molar-refractivity contribution in [3.05, 3.63) is 29.6 Å². The molecule has 1 N–H and O–H groups in total. The Labute approximate surface area is 114 Å². The molecule has 1 aromatic rings. The zero-order valence-corrected chi connectivity index (χ0v) is 11.8. The SMILES string of the molecule is CNC(Cc1ccc(OC)c(F)c1)C1(C)CCCO1. The Bertz CT molecular complexity index is 430. The van der Waals surface area contributed by atoms with Gasteiger partial charge in [-0.2, -0.15) is 0 Å². The number of rotatable bonds is 5. The Morgan fingerprint density at radius 3 is 2.84 bits per heavy atom. The molecule has 1 aromatic carbocycles. The maximum absolute atomic E-state index is 13.7. The van der Waals surface area contributed by atoms with Gasteiger partial charge in [0, 0.05) is 12.6 Å². The lowest BCUT2D eigenvalue weighted by atomic mass is 9.88. The molecule has 1 aliphatic heterocycles. The Kier molecular flexibility index (Phi) is 4.42. The second kappa shape index (κ2) is 5.88. The highest BCUT2D eigenvalue weighted by atomic mass is 19.1. The first kappa shape index (κ1) is 14.3. The van der Waals surface area contributed by atoms with E-state index in [1.165, 1.54) is 7.11 Å². The van der Waals surface area contributed by atoms with Crippen LogP contribution in [0.2, 0.25) is 0 Å². The highest BCUT2D eigenvalue weighted by Crippen LogP contribution is 2.30. The topological polar surface area (TPSA) is 30.5 Å². The van der Waals surface area contributed by atoms with E-state index in [-0.39, 0.29) is 23.2 Å². The van der Waals surface area contributed by atoms with Crippen molar-refractivity contribution in [1.82, 2.24) is 5.32 Å². The molecule has 2 unspecified atom stereocenters. The van der Waals surface area contributed by atoms with Gasteiger partial charge in [-0.05, 0) is 50.9 Å². The molecule has 0 radical (unpaired) electrons. The van der Waals surface area contributed by atoms with Crippen LogP contribution in [0.3, 0.4) is 0 Å². The van der Waals surface area contributed by atoms with E-state index in [2.05, 4.69) is 12.2 Å². The summed E-state index contributed by atoms with van der Waals surface area (Å²) in [5, 5.41) is 3.30. The second-order valence-electron chi connectivity index (χ2n) is 5.28. The van der Waals surface area contributed by atoms with Gasteiger partial charge in [-0.15, -0.1) is 0 Å². The molecule has 19 heavy (non-hydrogen) atoms. The molecule has 1 heterocycles. The predicted octanol–water partition coefficient (Wildman–Crippen LogP) is 2.53. The molecule has 0 amide bonds. The van der Waals surface area contributed by atoms with Gasteiger partial charge >= 0.3 is 0 Å². The van der Waals surface area contributed by atoms with Gasteiger partial charge in [0.25, 0.3) is 0 Å². The van der Waals surface area contributed by atoms with Crippen molar-refractivity contribution in [3.8, 4) is 5.75 Å². The van der Waals surface area contributed by atoms with E-state index in [4.69, 9.17) is 9.47 Å². The van der Waals surface area contributed by atoms with Gasteiger partial charge in [-0.25, -0.2) is 4.39 Å². The maximum Gasteiger partial charge on any atom is 0.165 e. The minimum atomic E-state index is -0.313. The molecule has 3 nitrogen and oxygen atoms in total. The molecular weight excluding hydrogens is 245 g/mol. The highest BCUT2D eigenvalue weighted by molar-refractivity contribution is 5.30. The summed E-state index contributed by atoms with van der Waals surface area (Å²) in [5.74, 6) is -0.0274. The van der Waals surface area contributed by atoms with Crippen molar-refractivity contribution in [2.75, 3.05) is 20.8 Å². The first-order valence-corrected chi connectivity index (χ1v) is 6.72. The van der Waals surface area contributed by atoms with Crippen molar-refractivity contribution in [1.29, 1.82) is 0 Å². The molecule has 2 atom stereocenters. The smallest absolute Gasteiger partial charge is 0.165 e. The zero-order chi connectivity index (χ0) is 13.9. The summed E-state index contributed by atoms with van der Waals surface area (Å²) >= 11 is 0. The van der Waals surface area contributed by atoms with E-state index in [1.807, 2.05) is 13.1 Å². The van der Waals surface area contributed by atoms with Gasteiger partial charge in [-0.1, -0.05) is 6.07 Å². The third-order valence-corrected chi connectivity index (χ3v) is 3.99. The monoisotopic (exact) mass is 267 g/mol. The average Bonchev–Trinajstić information content (AvgIpc) is 2.84. The standard InChI is InChI=1S/C15H22FNO2/c1-15(7-4-8-19-15)14(17-2)10-11-5-6-13(18-3)12(16)9-11/h5-6,9,14,17H,4,7-8,10H2,1-3H3. The third-order valence-electron chi connectivity index (χ3n) is 3.99. The molecule has 0 bridgehead atoms. The van der Waals surface area contributed by atoms with Crippen LogP contribution in [-0.4, -0.2) is 32.4 Å². The number of likely N-dealkylation sites (N-methyl/N-ethyl adjacent to an activating group) is 1. The number of hydrogen-bond donors (Lipinski definition) is 1.